The Labute approximate surface area is 83.5 Å². The smallest absolute Gasteiger partial charge is 0.0727 e. The third kappa shape index (κ3) is 2.17. The Kier molecular flexibility index (Phi) is 3.63. The van der Waals surface area contributed by atoms with Crippen LogP contribution in [-0.2, 0) is 11.3 Å². The first-order chi connectivity index (χ1) is 6.20. The van der Waals surface area contributed by atoms with Gasteiger partial charge in [0.1, 0.15) is 0 Å². The second-order valence-corrected chi connectivity index (χ2v) is 3.74. The molecule has 0 aromatic heterocycles. The summed E-state index contributed by atoms with van der Waals surface area (Å²) in [7, 11) is 1.70. The van der Waals surface area contributed by atoms with Crippen LogP contribution < -0.4 is 5.73 Å². The number of benzene rings is 1. The van der Waals surface area contributed by atoms with E-state index in [-0.39, 0.29) is 0 Å². The molecule has 0 aliphatic heterocycles. The van der Waals surface area contributed by atoms with Crippen molar-refractivity contribution in [2.24, 2.45) is 0 Å². The highest BCUT2D eigenvalue weighted by atomic mass is 32.2. The number of thioether (sulfide) groups is 1. The van der Waals surface area contributed by atoms with Crippen LogP contribution in [0.3, 0.4) is 0 Å². The van der Waals surface area contributed by atoms with Gasteiger partial charge in [-0.25, -0.2) is 0 Å². The molecule has 0 amide bonds. The van der Waals surface area contributed by atoms with Crippen molar-refractivity contribution in [3.8, 4) is 0 Å². The maximum Gasteiger partial charge on any atom is 0.0727 e. The molecule has 0 heterocycles. The molecule has 3 heteroatoms. The molecule has 0 saturated carbocycles. The molecular weight excluding hydrogens is 182 g/mol. The predicted octanol–water partition coefficient (Wildman–Crippen LogP) is 2.45. The lowest BCUT2D eigenvalue weighted by atomic mass is 10.1. The molecule has 1 aromatic carbocycles. The first-order valence-electron chi connectivity index (χ1n) is 4.11. The van der Waals surface area contributed by atoms with Crippen LogP contribution in [0.15, 0.2) is 17.0 Å². The Bertz CT molecular complexity index is 299. The number of rotatable bonds is 3. The minimum atomic E-state index is 0.632. The van der Waals surface area contributed by atoms with E-state index >= 15 is 0 Å². The monoisotopic (exact) mass is 197 g/mol. The minimum absolute atomic E-state index is 0.632. The van der Waals surface area contributed by atoms with Crippen molar-refractivity contribution < 1.29 is 4.74 Å². The standard InChI is InChI=1S/C10H15NOS/c1-7-8(6-12-2)10(13-3)5-4-9(7)11/h4-5H,6,11H2,1-3H3. The molecule has 1 rings (SSSR count). The van der Waals surface area contributed by atoms with E-state index in [4.69, 9.17) is 10.5 Å². The third-order valence-electron chi connectivity index (χ3n) is 2.11. The minimum Gasteiger partial charge on any atom is -0.399 e. The fourth-order valence-corrected chi connectivity index (χ4v) is 1.93. The summed E-state index contributed by atoms with van der Waals surface area (Å²) in [5.41, 5.74) is 8.98. The molecule has 0 aliphatic carbocycles. The van der Waals surface area contributed by atoms with E-state index in [2.05, 4.69) is 6.26 Å². The molecule has 0 atom stereocenters. The van der Waals surface area contributed by atoms with Crippen molar-refractivity contribution in [1.82, 2.24) is 0 Å². The van der Waals surface area contributed by atoms with Crippen molar-refractivity contribution in [1.29, 1.82) is 0 Å². The van der Waals surface area contributed by atoms with E-state index < -0.39 is 0 Å². The van der Waals surface area contributed by atoms with Crippen molar-refractivity contribution in [2.45, 2.75) is 18.4 Å². The number of hydrogen-bond acceptors (Lipinski definition) is 3. The quantitative estimate of drug-likeness (QED) is 0.597. The Hall–Kier alpha value is -0.670. The zero-order valence-corrected chi connectivity index (χ0v) is 9.07. The Morgan fingerprint density at radius 2 is 2.15 bits per heavy atom. The largest absolute Gasteiger partial charge is 0.399 e. The second kappa shape index (κ2) is 4.53. The summed E-state index contributed by atoms with van der Waals surface area (Å²) in [6, 6.07) is 3.99. The Morgan fingerprint density at radius 3 is 2.69 bits per heavy atom. The van der Waals surface area contributed by atoms with Gasteiger partial charge in [-0.05, 0) is 36.4 Å². The number of methoxy groups -OCH3 is 1. The van der Waals surface area contributed by atoms with Gasteiger partial charge in [-0.2, -0.15) is 0 Å². The Balaban J connectivity index is 3.15. The van der Waals surface area contributed by atoms with Gasteiger partial charge in [-0.15, -0.1) is 11.8 Å². The lowest BCUT2D eigenvalue weighted by molar-refractivity contribution is 0.182. The van der Waals surface area contributed by atoms with Gasteiger partial charge in [0.15, 0.2) is 0 Å². The van der Waals surface area contributed by atoms with Crippen LogP contribution in [0, 0.1) is 6.92 Å². The van der Waals surface area contributed by atoms with Gasteiger partial charge >= 0.3 is 0 Å². The van der Waals surface area contributed by atoms with Gasteiger partial charge in [0.05, 0.1) is 6.61 Å². The van der Waals surface area contributed by atoms with Gasteiger partial charge < -0.3 is 10.5 Å². The van der Waals surface area contributed by atoms with E-state index in [0.717, 1.165) is 11.3 Å². The van der Waals surface area contributed by atoms with E-state index in [9.17, 15) is 0 Å². The molecular formula is C10H15NOS. The summed E-state index contributed by atoms with van der Waals surface area (Å²) in [6.45, 7) is 2.66. The highest BCUT2D eigenvalue weighted by molar-refractivity contribution is 7.98. The highest BCUT2D eigenvalue weighted by Gasteiger charge is 2.06. The molecule has 0 bridgehead atoms. The first-order valence-corrected chi connectivity index (χ1v) is 5.34. The van der Waals surface area contributed by atoms with Crippen molar-refractivity contribution in [3.05, 3.63) is 23.3 Å². The van der Waals surface area contributed by atoms with E-state index in [0.29, 0.717) is 6.61 Å². The lowest BCUT2D eigenvalue weighted by Crippen LogP contribution is -1.99. The fraction of sp³-hybridized carbons (Fsp3) is 0.400. The molecule has 2 N–H and O–H groups in total. The second-order valence-electron chi connectivity index (χ2n) is 2.89. The molecule has 0 aliphatic rings. The van der Waals surface area contributed by atoms with Gasteiger partial charge in [0, 0.05) is 17.7 Å². The summed E-state index contributed by atoms with van der Waals surface area (Å²) in [5.74, 6) is 0. The van der Waals surface area contributed by atoms with Gasteiger partial charge in [0.25, 0.3) is 0 Å². The molecule has 1 aromatic rings. The molecule has 0 fully saturated rings. The van der Waals surface area contributed by atoms with Crippen LogP contribution in [0.4, 0.5) is 5.69 Å². The van der Waals surface area contributed by atoms with Crippen molar-refractivity contribution in [3.63, 3.8) is 0 Å². The van der Waals surface area contributed by atoms with Gasteiger partial charge in [0.2, 0.25) is 0 Å². The lowest BCUT2D eigenvalue weighted by Gasteiger charge is -2.11. The molecule has 2 nitrogen and oxygen atoms in total. The summed E-state index contributed by atoms with van der Waals surface area (Å²) in [5, 5.41) is 0. The fourth-order valence-electron chi connectivity index (χ4n) is 1.27. The number of nitrogen functional groups attached to an aromatic ring is 1. The van der Waals surface area contributed by atoms with E-state index in [1.165, 1.54) is 10.5 Å². The summed E-state index contributed by atoms with van der Waals surface area (Å²) >= 11 is 1.72. The van der Waals surface area contributed by atoms with Crippen LogP contribution in [0.5, 0.6) is 0 Å². The third-order valence-corrected chi connectivity index (χ3v) is 2.93. The topological polar surface area (TPSA) is 35.2 Å². The zero-order chi connectivity index (χ0) is 9.84. The summed E-state index contributed by atoms with van der Waals surface area (Å²) < 4.78 is 5.14. The maximum absolute atomic E-state index is 5.81. The van der Waals surface area contributed by atoms with Crippen molar-refractivity contribution >= 4 is 17.4 Å². The molecule has 0 radical (unpaired) electrons. The number of nitrogens with two attached hydrogens (primary N) is 1. The molecule has 0 unspecified atom stereocenters. The van der Waals surface area contributed by atoms with E-state index in [1.807, 2.05) is 19.1 Å². The average molecular weight is 197 g/mol. The number of anilines is 1. The molecule has 0 saturated heterocycles. The maximum atomic E-state index is 5.81. The predicted molar refractivity (Wildman–Crippen MR) is 58.1 cm³/mol. The van der Waals surface area contributed by atoms with Crippen LogP contribution in [0.2, 0.25) is 0 Å². The zero-order valence-electron chi connectivity index (χ0n) is 8.26. The van der Waals surface area contributed by atoms with Crippen LogP contribution >= 0.6 is 11.8 Å². The Morgan fingerprint density at radius 1 is 1.46 bits per heavy atom. The van der Waals surface area contributed by atoms with Gasteiger partial charge in [-0.3, -0.25) is 0 Å². The normalized spacial score (nSPS) is 10.4. The van der Waals surface area contributed by atoms with Crippen LogP contribution in [-0.4, -0.2) is 13.4 Å². The summed E-state index contributed by atoms with van der Waals surface area (Å²) in [6.07, 6.45) is 2.06. The molecule has 72 valence electrons. The highest BCUT2D eigenvalue weighted by Crippen LogP contribution is 2.27. The molecule has 0 spiro atoms. The van der Waals surface area contributed by atoms with Crippen LogP contribution in [0.1, 0.15) is 11.1 Å². The SMILES string of the molecule is COCc1c(SC)ccc(N)c1C. The van der Waals surface area contributed by atoms with E-state index in [1.54, 1.807) is 18.9 Å². The van der Waals surface area contributed by atoms with Gasteiger partial charge in [-0.1, -0.05) is 0 Å². The number of hydrogen-bond donors (Lipinski definition) is 1. The van der Waals surface area contributed by atoms with Crippen molar-refractivity contribution in [2.75, 3.05) is 19.1 Å². The molecule has 13 heavy (non-hydrogen) atoms. The average Bonchev–Trinajstić information content (AvgIpc) is 2.14. The summed E-state index contributed by atoms with van der Waals surface area (Å²) in [4.78, 5) is 1.24. The van der Waals surface area contributed by atoms with Crippen LogP contribution in [0.25, 0.3) is 0 Å². The first kappa shape index (κ1) is 10.4. The number of ether oxygens (including phenoxy) is 1.